The molecule has 1 saturated heterocycles. The quantitative estimate of drug-likeness (QED) is 0.469. The molecule has 0 spiro atoms. The molecule has 0 radical (unpaired) electrons. The molecule has 3 rings (SSSR count). The topological polar surface area (TPSA) is 94.7 Å². The molecule has 2 atom stereocenters. The highest BCUT2D eigenvalue weighted by atomic mass is 32.2. The Bertz CT molecular complexity index is 649. The van der Waals surface area contributed by atoms with E-state index in [4.69, 9.17) is 15.2 Å². The van der Waals surface area contributed by atoms with Crippen LogP contribution in [0.5, 0.6) is 0 Å². The highest BCUT2D eigenvalue weighted by Crippen LogP contribution is 2.40. The van der Waals surface area contributed by atoms with Gasteiger partial charge in [-0.05, 0) is 17.7 Å². The van der Waals surface area contributed by atoms with Gasteiger partial charge in [0.15, 0.2) is 6.79 Å². The van der Waals surface area contributed by atoms with Gasteiger partial charge in [0.05, 0.1) is 0 Å². The van der Waals surface area contributed by atoms with Gasteiger partial charge in [-0.1, -0.05) is 6.07 Å². The van der Waals surface area contributed by atoms with Crippen molar-refractivity contribution >= 4 is 23.6 Å². The van der Waals surface area contributed by atoms with Crippen LogP contribution in [-0.4, -0.2) is 52.8 Å². The van der Waals surface area contributed by atoms with Crippen molar-refractivity contribution in [1.82, 2.24) is 9.88 Å². The van der Waals surface area contributed by atoms with Crippen molar-refractivity contribution in [3.63, 3.8) is 0 Å². The Morgan fingerprint density at radius 3 is 3.04 bits per heavy atom. The number of carbonyl (C=O) groups is 2. The third kappa shape index (κ3) is 2.97. The van der Waals surface area contributed by atoms with Gasteiger partial charge < -0.3 is 15.2 Å². The number of esters is 1. The number of hydrogen-bond donors (Lipinski definition) is 1. The van der Waals surface area contributed by atoms with Crippen molar-refractivity contribution < 1.29 is 19.1 Å². The van der Waals surface area contributed by atoms with E-state index in [1.807, 2.05) is 18.2 Å². The number of nitrogens with two attached hydrogens (primary N) is 1. The minimum Gasteiger partial charge on any atom is -0.434 e. The van der Waals surface area contributed by atoms with Crippen molar-refractivity contribution in [3.8, 4) is 0 Å². The molecule has 122 valence electrons. The summed E-state index contributed by atoms with van der Waals surface area (Å²) in [7, 11) is 1.43. The summed E-state index contributed by atoms with van der Waals surface area (Å²) < 4.78 is 9.82. The lowest BCUT2D eigenvalue weighted by atomic mass is 10.0. The predicted octanol–water partition coefficient (Wildman–Crippen LogP) is 0.268. The molecule has 0 aliphatic carbocycles. The first-order chi connectivity index (χ1) is 11.1. The summed E-state index contributed by atoms with van der Waals surface area (Å²) in [6.07, 6.45) is 2.18. The van der Waals surface area contributed by atoms with Crippen molar-refractivity contribution in [2.24, 2.45) is 5.73 Å². The summed E-state index contributed by atoms with van der Waals surface area (Å²) in [6.45, 7) is -0.162. The van der Waals surface area contributed by atoms with E-state index in [1.54, 1.807) is 18.0 Å². The maximum atomic E-state index is 12.4. The van der Waals surface area contributed by atoms with Crippen LogP contribution in [0.2, 0.25) is 0 Å². The Kier molecular flexibility index (Phi) is 4.65. The van der Waals surface area contributed by atoms with Crippen LogP contribution < -0.4 is 5.73 Å². The second-order valence-electron chi connectivity index (χ2n) is 5.22. The number of hydrogen-bond acceptors (Lipinski definition) is 7. The summed E-state index contributed by atoms with van der Waals surface area (Å²) in [5, 5.41) is -0.208. The molecule has 1 amide bonds. The van der Waals surface area contributed by atoms with Crippen LogP contribution >= 0.6 is 11.8 Å². The molecular weight excluding hydrogens is 318 g/mol. The van der Waals surface area contributed by atoms with E-state index in [9.17, 15) is 9.59 Å². The van der Waals surface area contributed by atoms with Gasteiger partial charge in [-0.25, -0.2) is 4.79 Å². The minimum atomic E-state index is -0.568. The average molecular weight is 335 g/mol. The zero-order chi connectivity index (χ0) is 16.4. The molecule has 8 heteroatoms. The Morgan fingerprint density at radius 2 is 2.35 bits per heavy atom. The molecule has 7 nitrogen and oxygen atoms in total. The molecule has 1 unspecified atom stereocenters. The first-order valence-corrected chi connectivity index (χ1v) is 8.16. The number of methoxy groups -OCH3 is 1. The molecule has 0 saturated carbocycles. The van der Waals surface area contributed by atoms with E-state index < -0.39 is 12.0 Å². The fraction of sp³-hybridized carbons (Fsp3) is 0.400. The number of carbonyl (C=O) groups excluding carboxylic acids is 2. The predicted molar refractivity (Wildman–Crippen MR) is 84.0 cm³/mol. The highest BCUT2D eigenvalue weighted by Gasteiger charge is 2.52. The first kappa shape index (κ1) is 16.0. The van der Waals surface area contributed by atoms with Crippen LogP contribution in [-0.2, 0) is 25.5 Å². The molecule has 2 N–H and O–H groups in total. The summed E-state index contributed by atoms with van der Waals surface area (Å²) in [4.78, 5) is 30.2. The van der Waals surface area contributed by atoms with Crippen molar-refractivity contribution in [2.45, 2.75) is 17.8 Å². The zero-order valence-electron chi connectivity index (χ0n) is 12.6. The number of β-lactam (4-membered cyclic amide) rings is 1. The normalized spacial score (nSPS) is 23.4. The van der Waals surface area contributed by atoms with Crippen LogP contribution in [0.1, 0.15) is 5.69 Å². The molecule has 0 aromatic carbocycles. The first-order valence-electron chi connectivity index (χ1n) is 7.11. The fourth-order valence-corrected chi connectivity index (χ4v) is 3.90. The number of aromatic nitrogens is 1. The molecule has 2 aliphatic heterocycles. The van der Waals surface area contributed by atoms with Gasteiger partial charge in [0.25, 0.3) is 0 Å². The smallest absolute Gasteiger partial charge is 0.357 e. The molecule has 1 aromatic heterocycles. The third-order valence-corrected chi connectivity index (χ3v) is 5.07. The van der Waals surface area contributed by atoms with Crippen molar-refractivity contribution in [1.29, 1.82) is 0 Å². The summed E-state index contributed by atoms with van der Waals surface area (Å²) >= 11 is 1.55. The number of ether oxygens (including phenoxy) is 2. The number of pyridine rings is 1. The van der Waals surface area contributed by atoms with Gasteiger partial charge in [-0.15, -0.1) is 11.8 Å². The Labute approximate surface area is 137 Å². The van der Waals surface area contributed by atoms with Crippen molar-refractivity contribution in [3.05, 3.63) is 41.4 Å². The van der Waals surface area contributed by atoms with Crippen LogP contribution in [0.15, 0.2) is 35.7 Å². The largest absolute Gasteiger partial charge is 0.434 e. The third-order valence-electron chi connectivity index (χ3n) is 3.71. The number of rotatable bonds is 5. The summed E-state index contributed by atoms with van der Waals surface area (Å²) in [5.41, 5.74) is 7.73. The molecule has 2 aliphatic rings. The summed E-state index contributed by atoms with van der Waals surface area (Å²) in [6, 6.07) is 5.03. The second-order valence-corrected chi connectivity index (χ2v) is 6.33. The molecule has 23 heavy (non-hydrogen) atoms. The number of nitrogens with zero attached hydrogens (tertiary/aromatic N) is 2. The van der Waals surface area contributed by atoms with Gasteiger partial charge in [0, 0.05) is 31.2 Å². The maximum Gasteiger partial charge on any atom is 0.357 e. The van der Waals surface area contributed by atoms with Gasteiger partial charge >= 0.3 is 5.97 Å². The fourth-order valence-electron chi connectivity index (χ4n) is 2.61. The molecular formula is C15H17N3O4S. The molecule has 1 aromatic rings. The summed E-state index contributed by atoms with van der Waals surface area (Å²) in [5.74, 6) is -0.218. The Hall–Kier alpha value is -1.90. The van der Waals surface area contributed by atoms with Crippen LogP contribution in [0.3, 0.4) is 0 Å². The average Bonchev–Trinajstić information content (AvgIpc) is 2.59. The molecule has 0 bridgehead atoms. The Balaban J connectivity index is 1.91. The second kappa shape index (κ2) is 6.69. The van der Waals surface area contributed by atoms with Gasteiger partial charge in [-0.2, -0.15) is 0 Å². The van der Waals surface area contributed by atoms with E-state index in [0.717, 1.165) is 11.3 Å². The lowest BCUT2D eigenvalue weighted by molar-refractivity contribution is -0.157. The zero-order valence-corrected chi connectivity index (χ0v) is 13.4. The lowest BCUT2D eigenvalue weighted by Crippen LogP contribution is -2.68. The highest BCUT2D eigenvalue weighted by molar-refractivity contribution is 8.00. The molecule has 3 heterocycles. The van der Waals surface area contributed by atoms with Gasteiger partial charge in [0.2, 0.25) is 5.91 Å². The van der Waals surface area contributed by atoms with Gasteiger partial charge in [0.1, 0.15) is 17.1 Å². The van der Waals surface area contributed by atoms with E-state index in [2.05, 4.69) is 4.98 Å². The minimum absolute atomic E-state index is 0.162. The van der Waals surface area contributed by atoms with Crippen LogP contribution in [0.4, 0.5) is 0 Å². The SMILES string of the molecule is COCOC(=O)C1=C(Cc2ccccn2)CS[C@@H]2C(N)C(=O)N12. The van der Waals surface area contributed by atoms with Crippen LogP contribution in [0, 0.1) is 0 Å². The lowest BCUT2D eigenvalue weighted by Gasteiger charge is -2.48. The number of fused-ring (bicyclic) bond motifs is 1. The monoisotopic (exact) mass is 335 g/mol. The number of thioether (sulfide) groups is 1. The molecule has 1 fully saturated rings. The maximum absolute atomic E-state index is 12.4. The van der Waals surface area contributed by atoms with Crippen molar-refractivity contribution in [2.75, 3.05) is 19.7 Å². The van der Waals surface area contributed by atoms with E-state index in [0.29, 0.717) is 12.2 Å². The Morgan fingerprint density at radius 1 is 1.52 bits per heavy atom. The van der Waals surface area contributed by atoms with E-state index >= 15 is 0 Å². The van der Waals surface area contributed by atoms with Gasteiger partial charge in [-0.3, -0.25) is 14.7 Å². The standard InChI is InChI=1S/C15H17N3O4S/c1-21-8-22-15(20)12-9(6-10-4-2-3-5-17-10)7-23-14-11(16)13(19)18(12)14/h2-5,11,14H,6-8,16H2,1H3/t11?,14-/m1/s1. The van der Waals surface area contributed by atoms with E-state index in [-0.39, 0.29) is 23.8 Å². The van der Waals surface area contributed by atoms with E-state index in [1.165, 1.54) is 12.0 Å². The van der Waals surface area contributed by atoms with Crippen LogP contribution in [0.25, 0.3) is 0 Å². The number of amides is 1.